The minimum absolute atomic E-state index is 0.152. The second-order valence-corrected chi connectivity index (χ2v) is 4.42. The average molecular weight is 242 g/mol. The Morgan fingerprint density at radius 3 is 2.81 bits per heavy atom. The van der Waals surface area contributed by atoms with Gasteiger partial charge >= 0.3 is 0 Å². The number of nitrogens with one attached hydrogen (secondary N) is 1. The van der Waals surface area contributed by atoms with Crippen molar-refractivity contribution in [2.24, 2.45) is 7.05 Å². The molecule has 1 aromatic heterocycles. The molecule has 16 heavy (non-hydrogen) atoms. The van der Waals surface area contributed by atoms with E-state index in [-0.39, 0.29) is 5.91 Å². The number of amides is 1. The molecule has 90 valence electrons. The number of anilines is 1. The number of hydrogen-bond donors (Lipinski definition) is 2. The highest BCUT2D eigenvalue weighted by Crippen LogP contribution is 2.16. The van der Waals surface area contributed by atoms with Gasteiger partial charge in [0, 0.05) is 19.3 Å². The lowest BCUT2D eigenvalue weighted by Crippen LogP contribution is -2.28. The molecule has 1 aromatic rings. The maximum Gasteiger partial charge on any atom is 0.271 e. The third kappa shape index (κ3) is 2.69. The number of rotatable bonds is 5. The van der Waals surface area contributed by atoms with Crippen LogP contribution >= 0.6 is 11.8 Å². The number of nitrogens with zero attached hydrogens (tertiary/aromatic N) is 2. The molecular weight excluding hydrogens is 224 g/mol. The Morgan fingerprint density at radius 1 is 1.62 bits per heavy atom. The van der Waals surface area contributed by atoms with E-state index < -0.39 is 0 Å². The molecule has 0 aliphatic carbocycles. The molecule has 0 aliphatic rings. The number of aromatic nitrogens is 2. The molecule has 3 N–H and O–H groups in total. The number of carbonyl (C=O) groups is 1. The quantitative estimate of drug-likeness (QED) is 0.744. The summed E-state index contributed by atoms with van der Waals surface area (Å²) in [4.78, 5) is 11.8. The van der Waals surface area contributed by atoms with E-state index in [2.05, 4.69) is 10.4 Å². The third-order valence-corrected chi connectivity index (χ3v) is 2.91. The molecule has 0 spiro atoms. The van der Waals surface area contributed by atoms with Crippen LogP contribution in [0.25, 0.3) is 0 Å². The molecule has 0 aliphatic heterocycles. The topological polar surface area (TPSA) is 72.9 Å². The van der Waals surface area contributed by atoms with Crippen LogP contribution in [0.5, 0.6) is 0 Å². The van der Waals surface area contributed by atoms with E-state index in [0.717, 1.165) is 17.9 Å². The van der Waals surface area contributed by atoms with Crippen LogP contribution in [0.4, 0.5) is 5.69 Å². The maximum absolute atomic E-state index is 11.8. The minimum atomic E-state index is -0.152. The van der Waals surface area contributed by atoms with Crippen molar-refractivity contribution < 1.29 is 4.79 Å². The number of carbonyl (C=O) groups excluding carboxylic acids is 1. The summed E-state index contributed by atoms with van der Waals surface area (Å²) in [6, 6.07) is 0. The molecule has 1 amide bonds. The lowest BCUT2D eigenvalue weighted by atomic mass is 10.2. The van der Waals surface area contributed by atoms with Crippen molar-refractivity contribution in [1.29, 1.82) is 0 Å². The molecule has 5 nitrogen and oxygen atoms in total. The van der Waals surface area contributed by atoms with Crippen molar-refractivity contribution in [3.8, 4) is 0 Å². The van der Waals surface area contributed by atoms with Crippen molar-refractivity contribution in [3.05, 3.63) is 11.4 Å². The molecule has 0 aromatic carbocycles. The number of nitrogens with two attached hydrogens (primary N) is 1. The van der Waals surface area contributed by atoms with Crippen molar-refractivity contribution in [1.82, 2.24) is 15.1 Å². The number of thioether (sulfide) groups is 1. The van der Waals surface area contributed by atoms with E-state index in [9.17, 15) is 4.79 Å². The Bertz CT molecular complexity index is 375. The zero-order valence-electron chi connectivity index (χ0n) is 9.91. The number of hydrogen-bond acceptors (Lipinski definition) is 4. The molecule has 0 radical (unpaired) electrons. The predicted molar refractivity (Wildman–Crippen MR) is 67.7 cm³/mol. The van der Waals surface area contributed by atoms with Gasteiger partial charge in [0.1, 0.15) is 5.69 Å². The lowest BCUT2D eigenvalue weighted by molar-refractivity contribution is 0.0948. The first-order chi connectivity index (χ1) is 7.61. The third-order valence-electron chi connectivity index (χ3n) is 2.30. The summed E-state index contributed by atoms with van der Waals surface area (Å²) in [5.74, 6) is 0.741. The monoisotopic (exact) mass is 242 g/mol. The highest BCUT2D eigenvalue weighted by Gasteiger charge is 2.18. The summed E-state index contributed by atoms with van der Waals surface area (Å²) >= 11 is 1.69. The second kappa shape index (κ2) is 5.79. The average Bonchev–Trinajstić information content (AvgIpc) is 2.54. The van der Waals surface area contributed by atoms with Gasteiger partial charge in [0.15, 0.2) is 0 Å². The van der Waals surface area contributed by atoms with Crippen LogP contribution in [0, 0.1) is 0 Å². The Kier molecular flexibility index (Phi) is 4.67. The zero-order chi connectivity index (χ0) is 12.1. The maximum atomic E-state index is 11.8. The fourth-order valence-corrected chi connectivity index (χ4v) is 1.78. The molecule has 0 bridgehead atoms. The fraction of sp³-hybridized carbons (Fsp3) is 0.600. The van der Waals surface area contributed by atoms with E-state index >= 15 is 0 Å². The van der Waals surface area contributed by atoms with E-state index in [1.54, 1.807) is 23.5 Å². The van der Waals surface area contributed by atoms with Crippen LogP contribution in [0.1, 0.15) is 23.1 Å². The molecule has 0 saturated heterocycles. The van der Waals surface area contributed by atoms with Gasteiger partial charge in [-0.3, -0.25) is 9.48 Å². The van der Waals surface area contributed by atoms with Gasteiger partial charge in [0.2, 0.25) is 0 Å². The van der Waals surface area contributed by atoms with Crippen LogP contribution in [0.2, 0.25) is 0 Å². The van der Waals surface area contributed by atoms with Crippen molar-refractivity contribution in [3.63, 3.8) is 0 Å². The molecule has 0 fully saturated rings. The van der Waals surface area contributed by atoms with Gasteiger partial charge in [-0.2, -0.15) is 16.9 Å². The predicted octanol–water partition coefficient (Wildman–Crippen LogP) is 0.657. The number of nitrogen functional groups attached to an aromatic ring is 1. The molecular formula is C10H18N4OS. The van der Waals surface area contributed by atoms with Crippen molar-refractivity contribution in [2.75, 3.05) is 24.3 Å². The van der Waals surface area contributed by atoms with E-state index in [0.29, 0.717) is 17.9 Å². The van der Waals surface area contributed by atoms with Gasteiger partial charge in [0.25, 0.3) is 5.91 Å². The van der Waals surface area contributed by atoms with Gasteiger partial charge in [-0.05, 0) is 12.7 Å². The second-order valence-electron chi connectivity index (χ2n) is 3.43. The zero-order valence-corrected chi connectivity index (χ0v) is 10.7. The van der Waals surface area contributed by atoms with Gasteiger partial charge in [-0.25, -0.2) is 0 Å². The normalized spacial score (nSPS) is 10.4. The molecule has 0 saturated carbocycles. The SMILES string of the molecule is CCc1nn(C)c(C(=O)NCCSC)c1N. The highest BCUT2D eigenvalue weighted by atomic mass is 32.2. The summed E-state index contributed by atoms with van der Waals surface area (Å²) in [6.07, 6.45) is 2.73. The van der Waals surface area contributed by atoms with Crippen LogP contribution in [0.15, 0.2) is 0 Å². The van der Waals surface area contributed by atoms with Crippen LogP contribution in [-0.2, 0) is 13.5 Å². The Labute approximate surface area is 99.8 Å². The van der Waals surface area contributed by atoms with Crippen molar-refractivity contribution >= 4 is 23.4 Å². The molecule has 1 heterocycles. The van der Waals surface area contributed by atoms with Gasteiger partial charge in [-0.15, -0.1) is 0 Å². The highest BCUT2D eigenvalue weighted by molar-refractivity contribution is 7.98. The van der Waals surface area contributed by atoms with E-state index in [4.69, 9.17) is 5.73 Å². The standard InChI is InChI=1S/C10H18N4OS/c1-4-7-8(11)9(14(2)13-7)10(15)12-5-6-16-3/h4-6,11H2,1-3H3,(H,12,15). The Hall–Kier alpha value is -1.17. The summed E-state index contributed by atoms with van der Waals surface area (Å²) in [5.41, 5.74) is 7.59. The fourth-order valence-electron chi connectivity index (χ4n) is 1.48. The number of aryl methyl sites for hydroxylation is 2. The molecule has 0 atom stereocenters. The molecule has 1 rings (SSSR count). The summed E-state index contributed by atoms with van der Waals surface area (Å²) in [5, 5.41) is 7.02. The summed E-state index contributed by atoms with van der Waals surface area (Å²) in [7, 11) is 1.74. The summed E-state index contributed by atoms with van der Waals surface area (Å²) < 4.78 is 1.54. The smallest absolute Gasteiger partial charge is 0.271 e. The Balaban J connectivity index is 2.78. The largest absolute Gasteiger partial charge is 0.395 e. The van der Waals surface area contributed by atoms with E-state index in [1.165, 1.54) is 0 Å². The van der Waals surface area contributed by atoms with E-state index in [1.807, 2.05) is 13.2 Å². The van der Waals surface area contributed by atoms with Crippen LogP contribution in [0.3, 0.4) is 0 Å². The first-order valence-electron chi connectivity index (χ1n) is 5.20. The van der Waals surface area contributed by atoms with Gasteiger partial charge in [0.05, 0.1) is 11.4 Å². The Morgan fingerprint density at radius 2 is 2.31 bits per heavy atom. The lowest BCUT2D eigenvalue weighted by Gasteiger charge is -2.05. The van der Waals surface area contributed by atoms with Crippen molar-refractivity contribution in [2.45, 2.75) is 13.3 Å². The van der Waals surface area contributed by atoms with Crippen LogP contribution < -0.4 is 11.1 Å². The van der Waals surface area contributed by atoms with Gasteiger partial charge < -0.3 is 11.1 Å². The summed E-state index contributed by atoms with van der Waals surface area (Å²) in [6.45, 7) is 2.61. The molecule has 6 heteroatoms. The first kappa shape index (κ1) is 12.9. The van der Waals surface area contributed by atoms with Crippen LogP contribution in [-0.4, -0.2) is 34.2 Å². The van der Waals surface area contributed by atoms with Gasteiger partial charge in [-0.1, -0.05) is 6.92 Å². The first-order valence-corrected chi connectivity index (χ1v) is 6.59. The molecule has 0 unspecified atom stereocenters. The minimum Gasteiger partial charge on any atom is -0.395 e.